The zero-order valence-electron chi connectivity index (χ0n) is 14.0. The monoisotopic (exact) mass is 376 g/mol. The Kier molecular flexibility index (Phi) is 6.65. The van der Waals surface area contributed by atoms with Crippen LogP contribution in [0.15, 0.2) is 29.6 Å². The molecule has 25 heavy (non-hydrogen) atoms. The van der Waals surface area contributed by atoms with E-state index in [0.29, 0.717) is 26.2 Å². The molecule has 3 rings (SSSR count). The molecule has 2 aromatic heterocycles. The molecular weight excluding hydrogens is 356 g/mol. The summed E-state index contributed by atoms with van der Waals surface area (Å²) in [7, 11) is 0. The summed E-state index contributed by atoms with van der Waals surface area (Å²) < 4.78 is 16.4. The highest BCUT2D eigenvalue weighted by molar-refractivity contribution is 7.21. The van der Waals surface area contributed by atoms with Gasteiger partial charge in [-0.25, -0.2) is 0 Å². The van der Waals surface area contributed by atoms with E-state index in [0.717, 1.165) is 11.3 Å². The first-order valence-corrected chi connectivity index (χ1v) is 9.91. The SMILES string of the molecule is CC(=O)OC1COCCC1OCCC#Cc1ccc(-c2cccs2)s1. The van der Waals surface area contributed by atoms with E-state index in [-0.39, 0.29) is 18.2 Å². The molecular formula is C19H20O4S2. The Bertz CT molecular complexity index is 739. The average molecular weight is 376 g/mol. The molecule has 4 nitrogen and oxygen atoms in total. The highest BCUT2D eigenvalue weighted by Gasteiger charge is 2.28. The van der Waals surface area contributed by atoms with Crippen LogP contribution in [0.3, 0.4) is 0 Å². The van der Waals surface area contributed by atoms with E-state index >= 15 is 0 Å². The lowest BCUT2D eigenvalue weighted by atomic mass is 10.1. The molecule has 0 radical (unpaired) electrons. The van der Waals surface area contributed by atoms with Gasteiger partial charge in [0.15, 0.2) is 6.10 Å². The van der Waals surface area contributed by atoms with Gasteiger partial charge in [-0.3, -0.25) is 4.79 Å². The van der Waals surface area contributed by atoms with Gasteiger partial charge in [-0.2, -0.15) is 0 Å². The van der Waals surface area contributed by atoms with E-state index in [9.17, 15) is 4.79 Å². The summed E-state index contributed by atoms with van der Waals surface area (Å²) in [5.41, 5.74) is 0. The fourth-order valence-electron chi connectivity index (χ4n) is 2.57. The van der Waals surface area contributed by atoms with Crippen LogP contribution in [0, 0.1) is 11.8 Å². The Labute approximate surface area is 155 Å². The Morgan fingerprint density at radius 2 is 2.24 bits per heavy atom. The minimum absolute atomic E-state index is 0.105. The maximum atomic E-state index is 11.1. The molecule has 1 saturated heterocycles. The zero-order valence-corrected chi connectivity index (χ0v) is 15.7. The van der Waals surface area contributed by atoms with Gasteiger partial charge in [0, 0.05) is 36.1 Å². The molecule has 2 atom stereocenters. The van der Waals surface area contributed by atoms with Crippen LogP contribution in [0.2, 0.25) is 0 Å². The smallest absolute Gasteiger partial charge is 0.303 e. The first-order valence-electron chi connectivity index (χ1n) is 8.21. The van der Waals surface area contributed by atoms with Crippen molar-refractivity contribution in [3.05, 3.63) is 34.5 Å². The van der Waals surface area contributed by atoms with Crippen molar-refractivity contribution in [1.29, 1.82) is 0 Å². The van der Waals surface area contributed by atoms with Crippen LogP contribution in [-0.2, 0) is 19.0 Å². The molecule has 2 aromatic rings. The van der Waals surface area contributed by atoms with Crippen LogP contribution >= 0.6 is 22.7 Å². The maximum absolute atomic E-state index is 11.1. The highest BCUT2D eigenvalue weighted by atomic mass is 32.1. The van der Waals surface area contributed by atoms with E-state index in [2.05, 4.69) is 41.5 Å². The van der Waals surface area contributed by atoms with Gasteiger partial charge < -0.3 is 14.2 Å². The van der Waals surface area contributed by atoms with Gasteiger partial charge >= 0.3 is 5.97 Å². The van der Waals surface area contributed by atoms with Gasteiger partial charge in [0.25, 0.3) is 0 Å². The molecule has 0 bridgehead atoms. The molecule has 0 aromatic carbocycles. The van der Waals surface area contributed by atoms with Crippen molar-refractivity contribution in [2.45, 2.75) is 32.0 Å². The van der Waals surface area contributed by atoms with Crippen molar-refractivity contribution in [2.75, 3.05) is 19.8 Å². The van der Waals surface area contributed by atoms with E-state index in [4.69, 9.17) is 14.2 Å². The van der Waals surface area contributed by atoms with Crippen LogP contribution in [-0.4, -0.2) is 38.0 Å². The standard InChI is InChI=1S/C19H20O4S2/c1-14(20)23-17-13-21-11-9-16(17)22-10-3-2-5-15-7-8-19(25-15)18-6-4-12-24-18/h4,6-8,12,16-17H,3,9-11,13H2,1H3. The highest BCUT2D eigenvalue weighted by Crippen LogP contribution is 2.31. The molecule has 132 valence electrons. The van der Waals surface area contributed by atoms with Gasteiger partial charge in [-0.15, -0.1) is 22.7 Å². The fourth-order valence-corrected chi connectivity index (χ4v) is 4.29. The molecule has 0 aliphatic carbocycles. The second-order valence-electron chi connectivity index (χ2n) is 5.61. The zero-order chi connectivity index (χ0) is 17.5. The third-order valence-corrected chi connectivity index (χ3v) is 5.77. The van der Waals surface area contributed by atoms with Crippen LogP contribution in [0.5, 0.6) is 0 Å². The molecule has 1 fully saturated rings. The van der Waals surface area contributed by atoms with Crippen LogP contribution in [0.25, 0.3) is 9.75 Å². The molecule has 6 heteroatoms. The van der Waals surface area contributed by atoms with Crippen LogP contribution < -0.4 is 0 Å². The number of thiophene rings is 2. The second-order valence-corrected chi connectivity index (χ2v) is 7.65. The average Bonchev–Trinajstić information content (AvgIpc) is 3.26. The minimum Gasteiger partial charge on any atom is -0.457 e. The number of carbonyl (C=O) groups excluding carboxylic acids is 1. The normalized spacial score (nSPS) is 19.9. The van der Waals surface area contributed by atoms with Crippen LogP contribution in [0.4, 0.5) is 0 Å². The Morgan fingerprint density at radius 1 is 1.32 bits per heavy atom. The largest absolute Gasteiger partial charge is 0.457 e. The van der Waals surface area contributed by atoms with Crippen molar-refractivity contribution < 1.29 is 19.0 Å². The van der Waals surface area contributed by atoms with E-state index in [1.165, 1.54) is 16.7 Å². The summed E-state index contributed by atoms with van der Waals surface area (Å²) in [6.07, 6.45) is 0.966. The number of rotatable bonds is 5. The predicted octanol–water partition coefficient (Wildman–Crippen LogP) is 3.96. The molecule has 1 aliphatic rings. The van der Waals surface area contributed by atoms with E-state index < -0.39 is 0 Å². The Balaban J connectivity index is 1.45. The van der Waals surface area contributed by atoms with Crippen molar-refractivity contribution in [1.82, 2.24) is 0 Å². The van der Waals surface area contributed by atoms with Crippen LogP contribution in [0.1, 0.15) is 24.6 Å². The van der Waals surface area contributed by atoms with E-state index in [1.54, 1.807) is 22.7 Å². The fraction of sp³-hybridized carbons (Fsp3) is 0.421. The summed E-state index contributed by atoms with van der Waals surface area (Å²) in [5.74, 6) is 6.04. The Hall–Kier alpha value is -1.65. The minimum atomic E-state index is -0.315. The van der Waals surface area contributed by atoms with Crippen molar-refractivity contribution in [3.8, 4) is 21.6 Å². The topological polar surface area (TPSA) is 44.8 Å². The van der Waals surface area contributed by atoms with Crippen molar-refractivity contribution in [3.63, 3.8) is 0 Å². The molecule has 2 unspecified atom stereocenters. The summed E-state index contributed by atoms with van der Waals surface area (Å²) in [4.78, 5) is 14.7. The van der Waals surface area contributed by atoms with E-state index in [1.807, 2.05) is 0 Å². The summed E-state index contributed by atoms with van der Waals surface area (Å²) in [6, 6.07) is 8.35. The van der Waals surface area contributed by atoms with Gasteiger partial charge in [-0.05, 0) is 23.6 Å². The molecule has 3 heterocycles. The Morgan fingerprint density at radius 3 is 3.04 bits per heavy atom. The quantitative estimate of drug-likeness (QED) is 0.450. The third-order valence-electron chi connectivity index (χ3n) is 3.70. The number of esters is 1. The number of carbonyl (C=O) groups is 1. The molecule has 0 amide bonds. The summed E-state index contributed by atoms with van der Waals surface area (Å²) >= 11 is 3.44. The van der Waals surface area contributed by atoms with Crippen molar-refractivity contribution >= 4 is 28.6 Å². The second kappa shape index (κ2) is 9.16. The molecule has 0 saturated carbocycles. The molecule has 0 N–H and O–H groups in total. The summed E-state index contributed by atoms with van der Waals surface area (Å²) in [5, 5.41) is 2.08. The maximum Gasteiger partial charge on any atom is 0.303 e. The molecule has 0 spiro atoms. The number of hydrogen-bond donors (Lipinski definition) is 0. The number of ether oxygens (including phenoxy) is 3. The number of hydrogen-bond acceptors (Lipinski definition) is 6. The lowest BCUT2D eigenvalue weighted by Gasteiger charge is -2.30. The summed E-state index contributed by atoms with van der Waals surface area (Å²) in [6.45, 7) is 2.96. The first kappa shape index (κ1) is 18.2. The lowest BCUT2D eigenvalue weighted by molar-refractivity contribution is -0.170. The lowest BCUT2D eigenvalue weighted by Crippen LogP contribution is -2.41. The third kappa shape index (κ3) is 5.41. The molecule has 1 aliphatic heterocycles. The first-order chi connectivity index (χ1) is 12.2. The van der Waals surface area contributed by atoms with Gasteiger partial charge in [0.05, 0.1) is 24.2 Å². The van der Waals surface area contributed by atoms with Gasteiger partial charge in [0.2, 0.25) is 0 Å². The predicted molar refractivity (Wildman–Crippen MR) is 99.9 cm³/mol. The van der Waals surface area contributed by atoms with Gasteiger partial charge in [-0.1, -0.05) is 17.9 Å². The van der Waals surface area contributed by atoms with Crippen molar-refractivity contribution in [2.24, 2.45) is 0 Å². The van der Waals surface area contributed by atoms with Gasteiger partial charge in [0.1, 0.15) is 0 Å².